The van der Waals surface area contributed by atoms with Gasteiger partial charge in [0.1, 0.15) is 0 Å². The Morgan fingerprint density at radius 1 is 1.29 bits per heavy atom. The first-order valence-electron chi connectivity index (χ1n) is 6.43. The molecule has 2 heteroatoms. The minimum atomic E-state index is -0.103. The fourth-order valence-electron chi connectivity index (χ4n) is 1.92. The van der Waals surface area contributed by atoms with Crippen LogP contribution in [0.25, 0.3) is 0 Å². The second-order valence-electron chi connectivity index (χ2n) is 5.86. The average Bonchev–Trinajstić information content (AvgIpc) is 2.18. The number of anilines is 1. The van der Waals surface area contributed by atoms with Gasteiger partial charge in [-0.2, -0.15) is 0 Å². The molecular formula is C15H26N2. The third-order valence-corrected chi connectivity index (χ3v) is 3.00. The molecule has 0 unspecified atom stereocenters. The second kappa shape index (κ2) is 5.54. The summed E-state index contributed by atoms with van der Waals surface area (Å²) in [7, 11) is 0. The van der Waals surface area contributed by atoms with Gasteiger partial charge in [0.2, 0.25) is 0 Å². The van der Waals surface area contributed by atoms with Crippen molar-refractivity contribution < 1.29 is 0 Å². The van der Waals surface area contributed by atoms with Crippen LogP contribution in [0.1, 0.15) is 51.2 Å². The summed E-state index contributed by atoms with van der Waals surface area (Å²) in [5.74, 6) is 0.545. The number of hydrogen-bond donors (Lipinski definition) is 2. The summed E-state index contributed by atoms with van der Waals surface area (Å²) in [4.78, 5) is 0. The molecule has 17 heavy (non-hydrogen) atoms. The van der Waals surface area contributed by atoms with Crippen LogP contribution in [-0.4, -0.2) is 12.1 Å². The Hall–Kier alpha value is -1.02. The van der Waals surface area contributed by atoms with E-state index >= 15 is 0 Å². The highest BCUT2D eigenvalue weighted by atomic mass is 14.9. The van der Waals surface area contributed by atoms with Crippen LogP contribution in [0.2, 0.25) is 0 Å². The molecule has 0 bridgehead atoms. The number of para-hydroxylation sites is 1. The Kier molecular flexibility index (Phi) is 4.58. The molecule has 0 amide bonds. The van der Waals surface area contributed by atoms with Crippen LogP contribution in [0, 0.1) is 6.92 Å². The average molecular weight is 234 g/mol. The molecule has 2 nitrogen and oxygen atoms in total. The van der Waals surface area contributed by atoms with Gasteiger partial charge in [0, 0.05) is 17.8 Å². The maximum absolute atomic E-state index is 6.00. The van der Waals surface area contributed by atoms with Crippen molar-refractivity contribution in [2.75, 3.05) is 11.9 Å². The molecule has 0 aliphatic heterocycles. The lowest BCUT2D eigenvalue weighted by atomic mass is 9.97. The van der Waals surface area contributed by atoms with E-state index in [2.05, 4.69) is 58.1 Å². The highest BCUT2D eigenvalue weighted by Crippen LogP contribution is 2.27. The van der Waals surface area contributed by atoms with Gasteiger partial charge in [-0.15, -0.1) is 0 Å². The first kappa shape index (κ1) is 14.0. The van der Waals surface area contributed by atoms with E-state index in [1.165, 1.54) is 16.8 Å². The highest BCUT2D eigenvalue weighted by Gasteiger charge is 2.12. The van der Waals surface area contributed by atoms with Crippen molar-refractivity contribution in [1.82, 2.24) is 0 Å². The van der Waals surface area contributed by atoms with Crippen molar-refractivity contribution in [3.63, 3.8) is 0 Å². The Balaban J connectivity index is 2.76. The fraction of sp³-hybridized carbons (Fsp3) is 0.600. The monoisotopic (exact) mass is 234 g/mol. The van der Waals surface area contributed by atoms with Gasteiger partial charge in [-0.1, -0.05) is 32.0 Å². The van der Waals surface area contributed by atoms with Crippen molar-refractivity contribution in [3.05, 3.63) is 29.3 Å². The predicted molar refractivity (Wildman–Crippen MR) is 76.6 cm³/mol. The lowest BCUT2D eigenvalue weighted by Crippen LogP contribution is -2.34. The zero-order chi connectivity index (χ0) is 13.1. The van der Waals surface area contributed by atoms with Crippen LogP contribution in [0.4, 0.5) is 5.69 Å². The number of nitrogens with one attached hydrogen (secondary N) is 1. The van der Waals surface area contributed by atoms with Gasteiger partial charge in [-0.3, -0.25) is 0 Å². The van der Waals surface area contributed by atoms with Crippen LogP contribution in [0.3, 0.4) is 0 Å². The number of nitrogens with two attached hydrogens (primary N) is 1. The SMILES string of the molecule is Cc1cccc(C(C)C)c1NCCC(C)(C)N. The molecule has 1 aromatic rings. The molecule has 1 aromatic carbocycles. The predicted octanol–water partition coefficient (Wildman–Crippen LogP) is 3.66. The van der Waals surface area contributed by atoms with Crippen LogP contribution >= 0.6 is 0 Å². The third-order valence-electron chi connectivity index (χ3n) is 3.00. The van der Waals surface area contributed by atoms with Crippen molar-refractivity contribution in [2.24, 2.45) is 5.73 Å². The van der Waals surface area contributed by atoms with Crippen LogP contribution in [-0.2, 0) is 0 Å². The van der Waals surface area contributed by atoms with Gasteiger partial charge in [-0.25, -0.2) is 0 Å². The fourth-order valence-corrected chi connectivity index (χ4v) is 1.92. The van der Waals surface area contributed by atoms with E-state index in [4.69, 9.17) is 5.73 Å². The summed E-state index contributed by atoms with van der Waals surface area (Å²) in [6.07, 6.45) is 0.971. The number of hydrogen-bond acceptors (Lipinski definition) is 2. The molecule has 0 saturated heterocycles. The van der Waals surface area contributed by atoms with Gasteiger partial charge in [-0.05, 0) is 44.2 Å². The lowest BCUT2D eigenvalue weighted by molar-refractivity contribution is 0.490. The molecule has 0 aliphatic carbocycles. The van der Waals surface area contributed by atoms with E-state index in [1.807, 2.05) is 0 Å². The quantitative estimate of drug-likeness (QED) is 0.816. The summed E-state index contributed by atoms with van der Waals surface area (Å²) in [5, 5.41) is 3.54. The van der Waals surface area contributed by atoms with Gasteiger partial charge in [0.15, 0.2) is 0 Å². The van der Waals surface area contributed by atoms with Gasteiger partial charge in [0.05, 0.1) is 0 Å². The molecule has 0 radical (unpaired) electrons. The van der Waals surface area contributed by atoms with Crippen LogP contribution in [0.15, 0.2) is 18.2 Å². The molecule has 0 saturated carbocycles. The summed E-state index contributed by atoms with van der Waals surface area (Å²) in [6.45, 7) is 11.7. The molecule has 0 spiro atoms. The van der Waals surface area contributed by atoms with E-state index in [0.717, 1.165) is 13.0 Å². The standard InChI is InChI=1S/C15H26N2/c1-11(2)13-8-6-7-12(3)14(13)17-10-9-15(4,5)16/h6-8,11,17H,9-10,16H2,1-5H3. The van der Waals surface area contributed by atoms with Crippen molar-refractivity contribution >= 4 is 5.69 Å². The van der Waals surface area contributed by atoms with E-state index in [1.54, 1.807) is 0 Å². The Morgan fingerprint density at radius 2 is 1.94 bits per heavy atom. The molecule has 3 N–H and O–H groups in total. The van der Waals surface area contributed by atoms with Gasteiger partial charge >= 0.3 is 0 Å². The van der Waals surface area contributed by atoms with E-state index in [0.29, 0.717) is 5.92 Å². The van der Waals surface area contributed by atoms with E-state index in [9.17, 15) is 0 Å². The van der Waals surface area contributed by atoms with E-state index in [-0.39, 0.29) is 5.54 Å². The third kappa shape index (κ3) is 4.39. The first-order chi connectivity index (χ1) is 7.81. The summed E-state index contributed by atoms with van der Waals surface area (Å²) in [6, 6.07) is 6.48. The molecule has 96 valence electrons. The molecule has 0 aromatic heterocycles. The topological polar surface area (TPSA) is 38.0 Å². The summed E-state index contributed by atoms with van der Waals surface area (Å²) >= 11 is 0. The van der Waals surface area contributed by atoms with Crippen molar-refractivity contribution in [3.8, 4) is 0 Å². The Morgan fingerprint density at radius 3 is 2.47 bits per heavy atom. The Labute approximate surface area is 106 Å². The molecule has 0 atom stereocenters. The van der Waals surface area contributed by atoms with Crippen LogP contribution < -0.4 is 11.1 Å². The molecule has 0 aliphatic rings. The molecular weight excluding hydrogens is 208 g/mol. The van der Waals surface area contributed by atoms with E-state index < -0.39 is 0 Å². The zero-order valence-electron chi connectivity index (χ0n) is 11.8. The number of rotatable bonds is 5. The highest BCUT2D eigenvalue weighted by molar-refractivity contribution is 5.58. The minimum Gasteiger partial charge on any atom is -0.385 e. The summed E-state index contributed by atoms with van der Waals surface area (Å²) in [5.41, 5.74) is 9.88. The summed E-state index contributed by atoms with van der Waals surface area (Å²) < 4.78 is 0. The van der Waals surface area contributed by atoms with Gasteiger partial charge in [0.25, 0.3) is 0 Å². The van der Waals surface area contributed by atoms with Crippen molar-refractivity contribution in [2.45, 2.75) is 52.5 Å². The van der Waals surface area contributed by atoms with Gasteiger partial charge < -0.3 is 11.1 Å². The molecule has 0 fully saturated rings. The molecule has 0 heterocycles. The largest absolute Gasteiger partial charge is 0.385 e. The number of aryl methyl sites for hydroxylation is 1. The molecule has 1 rings (SSSR count). The minimum absolute atomic E-state index is 0.103. The maximum Gasteiger partial charge on any atom is 0.0405 e. The second-order valence-corrected chi connectivity index (χ2v) is 5.86. The lowest BCUT2D eigenvalue weighted by Gasteiger charge is -2.21. The zero-order valence-corrected chi connectivity index (χ0v) is 11.8. The normalized spacial score (nSPS) is 11.9. The number of benzene rings is 1. The smallest absolute Gasteiger partial charge is 0.0405 e. The van der Waals surface area contributed by atoms with Crippen molar-refractivity contribution in [1.29, 1.82) is 0 Å². The Bertz CT molecular complexity index is 362. The maximum atomic E-state index is 6.00. The van der Waals surface area contributed by atoms with Crippen LogP contribution in [0.5, 0.6) is 0 Å². The first-order valence-corrected chi connectivity index (χ1v) is 6.43.